The molecule has 1 aromatic rings. The van der Waals surface area contributed by atoms with Crippen molar-refractivity contribution in [1.82, 2.24) is 0 Å². The first-order valence-corrected chi connectivity index (χ1v) is 6.15. The number of allylic oxidation sites excluding steroid dienone is 1. The lowest BCUT2D eigenvalue weighted by Gasteiger charge is -1.98. The van der Waals surface area contributed by atoms with Gasteiger partial charge in [-0.2, -0.15) is 0 Å². The van der Waals surface area contributed by atoms with Gasteiger partial charge in [0.15, 0.2) is 0 Å². The number of aliphatic imine (C=N–C) groups is 1. The first kappa shape index (κ1) is 10.8. The van der Waals surface area contributed by atoms with Gasteiger partial charge in [-0.15, -0.1) is 0 Å². The minimum absolute atomic E-state index is 0.113. The smallest absolute Gasteiger partial charge is 0.238 e. The Hall–Kier alpha value is -1.72. The van der Waals surface area contributed by atoms with Gasteiger partial charge in [-0.1, -0.05) is 12.1 Å². The molecular weight excluding hydrogens is 224 g/mol. The van der Waals surface area contributed by atoms with Crippen molar-refractivity contribution >= 4 is 28.4 Å². The Kier molecular flexibility index (Phi) is 2.72. The van der Waals surface area contributed by atoms with Crippen LogP contribution in [0, 0.1) is 0 Å². The van der Waals surface area contributed by atoms with Crippen LogP contribution in [0.1, 0.15) is 0 Å². The van der Waals surface area contributed by atoms with Crippen molar-refractivity contribution in [2.24, 2.45) is 10.1 Å². The molecule has 4 nitrogen and oxygen atoms in total. The quantitative estimate of drug-likeness (QED) is 0.711. The molecule has 0 aliphatic carbocycles. The highest BCUT2D eigenvalue weighted by molar-refractivity contribution is 7.89. The van der Waals surface area contributed by atoms with E-state index in [9.17, 15) is 8.42 Å². The fraction of sp³-hybridized carbons (Fsp3) is 0. The average Bonchev–Trinajstić information content (AvgIpc) is 2.16. The summed E-state index contributed by atoms with van der Waals surface area (Å²) in [6, 6.07) is 4.74. The molecule has 1 aromatic carbocycles. The van der Waals surface area contributed by atoms with Gasteiger partial charge in [0.1, 0.15) is 0 Å². The Balaban J connectivity index is 2.77. The predicted octanol–water partition coefficient (Wildman–Crippen LogP) is -0.507. The van der Waals surface area contributed by atoms with Crippen LogP contribution >= 0.6 is 0 Å². The van der Waals surface area contributed by atoms with E-state index in [1.165, 1.54) is 6.07 Å². The highest BCUT2D eigenvalue weighted by atomic mass is 32.2. The molecule has 82 valence electrons. The summed E-state index contributed by atoms with van der Waals surface area (Å²) < 4.78 is 22.4. The largest absolute Gasteiger partial charge is 0.265 e. The molecule has 5 heteroatoms. The molecule has 2 N–H and O–H groups in total. The van der Waals surface area contributed by atoms with Crippen LogP contribution in [0.25, 0.3) is 12.2 Å². The van der Waals surface area contributed by atoms with Crippen molar-refractivity contribution in [2.75, 3.05) is 0 Å². The van der Waals surface area contributed by atoms with Crippen molar-refractivity contribution in [3.8, 4) is 0 Å². The van der Waals surface area contributed by atoms with E-state index < -0.39 is 10.0 Å². The highest BCUT2D eigenvalue weighted by Gasteiger charge is 2.06. The lowest BCUT2D eigenvalue weighted by Crippen LogP contribution is -2.27. The maximum Gasteiger partial charge on any atom is 0.238 e. The normalized spacial score (nSPS) is 22.6. The standard InChI is InChI=1S/C11H10N2O2S/c12-16(14,15)11-4-3-9-5-7-13-6-1-2-10(9)8-11/h1-8H,(H2,12,14,15)/b2-1?,6-1-,7-5?,9-5-,10-2-,13-6?,13-7-. The number of nitrogens with two attached hydrogens (primary N) is 1. The monoisotopic (exact) mass is 234 g/mol. The van der Waals surface area contributed by atoms with Crippen LogP contribution in [0.4, 0.5) is 0 Å². The van der Waals surface area contributed by atoms with Gasteiger partial charge in [-0.05, 0) is 34.7 Å². The highest BCUT2D eigenvalue weighted by Crippen LogP contribution is 1.99. The molecule has 0 amide bonds. The number of benzene rings is 1. The summed E-state index contributed by atoms with van der Waals surface area (Å²) >= 11 is 0. The predicted molar refractivity (Wildman–Crippen MR) is 63.6 cm³/mol. The van der Waals surface area contributed by atoms with E-state index in [-0.39, 0.29) is 4.90 Å². The third-order valence-corrected chi connectivity index (χ3v) is 3.09. The number of hydrogen-bond acceptors (Lipinski definition) is 3. The van der Waals surface area contributed by atoms with Crippen LogP contribution in [0.3, 0.4) is 0 Å². The number of hydrogen-bond donors (Lipinski definition) is 1. The topological polar surface area (TPSA) is 72.5 Å². The summed E-state index contributed by atoms with van der Waals surface area (Å²) in [6.45, 7) is 0. The minimum Gasteiger partial charge on any atom is -0.265 e. The zero-order chi connectivity index (χ0) is 11.6. The van der Waals surface area contributed by atoms with Crippen LogP contribution in [0.5, 0.6) is 0 Å². The molecule has 2 rings (SSSR count). The maximum absolute atomic E-state index is 11.2. The van der Waals surface area contributed by atoms with Gasteiger partial charge in [0.2, 0.25) is 10.0 Å². The molecule has 0 bridgehead atoms. The third kappa shape index (κ3) is 2.26. The Labute approximate surface area is 93.2 Å². The molecule has 1 aliphatic heterocycles. The first-order chi connectivity index (χ1) is 7.57. The van der Waals surface area contributed by atoms with Crippen molar-refractivity contribution in [3.63, 3.8) is 0 Å². The van der Waals surface area contributed by atoms with Gasteiger partial charge in [-0.25, -0.2) is 13.6 Å². The summed E-state index contributed by atoms with van der Waals surface area (Å²) in [6.07, 6.45) is 8.62. The van der Waals surface area contributed by atoms with E-state index in [4.69, 9.17) is 5.14 Å². The lowest BCUT2D eigenvalue weighted by atomic mass is 10.2. The Bertz CT molecular complexity index is 685. The average molecular weight is 234 g/mol. The second kappa shape index (κ2) is 4.03. The summed E-state index contributed by atoms with van der Waals surface area (Å²) in [5.74, 6) is 0. The molecule has 0 aromatic heterocycles. The molecule has 0 saturated heterocycles. The molecule has 0 saturated carbocycles. The van der Waals surface area contributed by atoms with E-state index in [0.717, 1.165) is 10.4 Å². The number of rotatable bonds is 1. The van der Waals surface area contributed by atoms with Crippen LogP contribution < -0.4 is 15.6 Å². The summed E-state index contributed by atoms with van der Waals surface area (Å²) in [5.41, 5.74) is 0. The summed E-state index contributed by atoms with van der Waals surface area (Å²) in [4.78, 5) is 4.08. The van der Waals surface area contributed by atoms with E-state index in [1.54, 1.807) is 36.7 Å². The number of sulfonamides is 1. The molecule has 1 aliphatic rings. The zero-order valence-electron chi connectivity index (χ0n) is 8.37. The number of nitrogens with zero attached hydrogens (tertiary/aromatic N) is 1. The van der Waals surface area contributed by atoms with Gasteiger partial charge < -0.3 is 0 Å². The molecule has 0 fully saturated rings. The van der Waals surface area contributed by atoms with Crippen molar-refractivity contribution < 1.29 is 8.42 Å². The van der Waals surface area contributed by atoms with Gasteiger partial charge in [0.25, 0.3) is 0 Å². The van der Waals surface area contributed by atoms with Crippen molar-refractivity contribution in [1.29, 1.82) is 0 Å². The molecule has 0 atom stereocenters. The summed E-state index contributed by atoms with van der Waals surface area (Å²) in [7, 11) is -3.65. The molecule has 16 heavy (non-hydrogen) atoms. The Morgan fingerprint density at radius 2 is 1.94 bits per heavy atom. The fourth-order valence-corrected chi connectivity index (χ4v) is 1.94. The van der Waals surface area contributed by atoms with Crippen LogP contribution in [0.15, 0.2) is 40.4 Å². The van der Waals surface area contributed by atoms with E-state index >= 15 is 0 Å². The Morgan fingerprint density at radius 1 is 1.12 bits per heavy atom. The number of fused-ring (bicyclic) bond motifs is 1. The second-order valence-corrected chi connectivity index (χ2v) is 4.87. The zero-order valence-corrected chi connectivity index (χ0v) is 9.18. The Morgan fingerprint density at radius 3 is 2.69 bits per heavy atom. The molecule has 0 radical (unpaired) electrons. The van der Waals surface area contributed by atoms with Crippen molar-refractivity contribution in [3.05, 3.63) is 40.9 Å². The molecule has 0 spiro atoms. The van der Waals surface area contributed by atoms with Gasteiger partial charge >= 0.3 is 0 Å². The van der Waals surface area contributed by atoms with Crippen LogP contribution in [0.2, 0.25) is 0 Å². The summed E-state index contributed by atoms with van der Waals surface area (Å²) in [5, 5.41) is 6.77. The maximum atomic E-state index is 11.2. The molecule has 0 unspecified atom stereocenters. The SMILES string of the molecule is NS(=O)(=O)c1ccc2/c(c1)=C\C=C/N=C\C=2. The van der Waals surface area contributed by atoms with Gasteiger partial charge in [0, 0.05) is 12.4 Å². The molecular formula is C11H10N2O2S. The van der Waals surface area contributed by atoms with E-state index in [2.05, 4.69) is 4.99 Å². The fourth-order valence-electron chi connectivity index (χ4n) is 1.40. The number of primary sulfonamides is 1. The van der Waals surface area contributed by atoms with Crippen molar-refractivity contribution in [2.45, 2.75) is 4.90 Å². The van der Waals surface area contributed by atoms with E-state index in [1.807, 2.05) is 6.08 Å². The van der Waals surface area contributed by atoms with Gasteiger partial charge in [0.05, 0.1) is 4.90 Å². The first-order valence-electron chi connectivity index (χ1n) is 4.60. The van der Waals surface area contributed by atoms with Gasteiger partial charge in [-0.3, -0.25) is 4.99 Å². The van der Waals surface area contributed by atoms with Crippen LogP contribution in [-0.4, -0.2) is 14.6 Å². The van der Waals surface area contributed by atoms with E-state index in [0.29, 0.717) is 0 Å². The van der Waals surface area contributed by atoms with Crippen LogP contribution in [-0.2, 0) is 10.0 Å². The molecule has 1 heterocycles. The lowest BCUT2D eigenvalue weighted by molar-refractivity contribution is 0.597. The minimum atomic E-state index is -3.65. The third-order valence-electron chi connectivity index (χ3n) is 2.17. The second-order valence-electron chi connectivity index (χ2n) is 3.31.